The van der Waals surface area contributed by atoms with E-state index in [9.17, 15) is 33.0 Å². The predicted molar refractivity (Wildman–Crippen MR) is 144 cm³/mol. The van der Waals surface area contributed by atoms with E-state index in [0.29, 0.717) is 43.1 Å². The second kappa shape index (κ2) is 14.4. The van der Waals surface area contributed by atoms with Gasteiger partial charge in [-0.25, -0.2) is 4.79 Å². The monoisotopic (exact) mass is 579 g/mol. The number of aliphatic carboxylic acids is 1. The van der Waals surface area contributed by atoms with E-state index in [0.717, 1.165) is 37.8 Å². The number of aliphatic hydroxyl groups excluding tert-OH is 2. The highest BCUT2D eigenvalue weighted by Gasteiger charge is 2.41. The zero-order valence-corrected chi connectivity index (χ0v) is 22.5. The van der Waals surface area contributed by atoms with Crippen molar-refractivity contribution in [3.05, 3.63) is 71.3 Å². The average molecular weight is 580 g/mol. The summed E-state index contributed by atoms with van der Waals surface area (Å²) >= 11 is 0. The molecule has 9 nitrogen and oxygen atoms in total. The smallest absolute Gasteiger partial charge is 0.475 e. The molecule has 2 aromatic rings. The lowest BCUT2D eigenvalue weighted by molar-refractivity contribution is -0.192. The number of rotatable bonds is 10. The number of hydrogen-bond acceptors (Lipinski definition) is 6. The van der Waals surface area contributed by atoms with Crippen molar-refractivity contribution >= 4 is 17.8 Å². The molecule has 224 valence electrons. The van der Waals surface area contributed by atoms with Crippen molar-refractivity contribution in [2.24, 2.45) is 5.73 Å². The Kier molecular flexibility index (Phi) is 11.3. The molecule has 12 heteroatoms. The molecule has 0 radical (unpaired) electrons. The van der Waals surface area contributed by atoms with E-state index in [2.05, 4.69) is 11.0 Å². The molecular formula is C29H36F3N3O6. The van der Waals surface area contributed by atoms with Gasteiger partial charge in [0.25, 0.3) is 5.91 Å². The molecule has 2 saturated heterocycles. The lowest BCUT2D eigenvalue weighted by Crippen LogP contribution is -2.49. The topological polar surface area (TPSA) is 144 Å². The van der Waals surface area contributed by atoms with Crippen LogP contribution in [-0.4, -0.2) is 93.5 Å². The van der Waals surface area contributed by atoms with Gasteiger partial charge in [0.1, 0.15) is 0 Å². The SMILES string of the molecule is NC(=O)c1cccc(C2CC3CCC(C2)N3CCN(CCc2ccccc2)C(=O)[C@@H](O)CO)c1.O=C(O)C(F)(F)F. The van der Waals surface area contributed by atoms with Gasteiger partial charge in [-0.1, -0.05) is 42.5 Å². The molecule has 3 atom stereocenters. The third-order valence-electron chi connectivity index (χ3n) is 7.68. The van der Waals surface area contributed by atoms with Crippen LogP contribution in [0, 0.1) is 0 Å². The van der Waals surface area contributed by atoms with Crippen LogP contribution in [0.15, 0.2) is 54.6 Å². The van der Waals surface area contributed by atoms with Gasteiger partial charge in [0.05, 0.1) is 6.61 Å². The summed E-state index contributed by atoms with van der Waals surface area (Å²) in [5, 5.41) is 26.4. The summed E-state index contributed by atoms with van der Waals surface area (Å²) in [7, 11) is 0. The molecule has 0 saturated carbocycles. The van der Waals surface area contributed by atoms with Crippen LogP contribution in [0.25, 0.3) is 0 Å². The lowest BCUT2D eigenvalue weighted by atomic mass is 9.84. The molecule has 4 rings (SSSR count). The number of nitrogens with two attached hydrogens (primary N) is 1. The first-order valence-corrected chi connectivity index (χ1v) is 13.5. The molecule has 2 aliphatic heterocycles. The van der Waals surface area contributed by atoms with E-state index < -0.39 is 36.7 Å². The Labute approximate surface area is 236 Å². The van der Waals surface area contributed by atoms with Gasteiger partial charge < -0.3 is 26.0 Å². The van der Waals surface area contributed by atoms with Gasteiger partial charge in [0, 0.05) is 37.3 Å². The average Bonchev–Trinajstić information content (AvgIpc) is 3.18. The van der Waals surface area contributed by atoms with Crippen molar-refractivity contribution in [3.63, 3.8) is 0 Å². The number of benzene rings is 2. The van der Waals surface area contributed by atoms with E-state index in [1.807, 2.05) is 42.5 Å². The summed E-state index contributed by atoms with van der Waals surface area (Å²) in [4.78, 5) is 37.4. The normalized spacial score (nSPS) is 21.0. The summed E-state index contributed by atoms with van der Waals surface area (Å²) in [6.45, 7) is 1.22. The number of carbonyl (C=O) groups excluding carboxylic acids is 2. The number of nitrogens with zero attached hydrogens (tertiary/aromatic N) is 2. The maximum Gasteiger partial charge on any atom is 0.490 e. The predicted octanol–water partition coefficient (Wildman–Crippen LogP) is 2.55. The molecular weight excluding hydrogens is 543 g/mol. The Balaban J connectivity index is 0.000000587. The zero-order valence-electron chi connectivity index (χ0n) is 22.5. The second-order valence-corrected chi connectivity index (χ2v) is 10.3. The van der Waals surface area contributed by atoms with Gasteiger partial charge in [-0.2, -0.15) is 13.2 Å². The van der Waals surface area contributed by atoms with E-state index in [1.165, 1.54) is 5.56 Å². The number of piperidine rings is 1. The van der Waals surface area contributed by atoms with Crippen LogP contribution < -0.4 is 5.73 Å². The van der Waals surface area contributed by atoms with Gasteiger partial charge >= 0.3 is 12.1 Å². The summed E-state index contributed by atoms with van der Waals surface area (Å²) in [6.07, 6.45) is -1.44. The van der Waals surface area contributed by atoms with Gasteiger partial charge in [-0.15, -0.1) is 0 Å². The van der Waals surface area contributed by atoms with E-state index >= 15 is 0 Å². The molecule has 2 heterocycles. The van der Waals surface area contributed by atoms with E-state index in [4.69, 9.17) is 15.6 Å². The summed E-state index contributed by atoms with van der Waals surface area (Å²) < 4.78 is 31.7. The number of amides is 2. The number of aliphatic hydroxyl groups is 2. The van der Waals surface area contributed by atoms with Crippen LogP contribution in [0.4, 0.5) is 13.2 Å². The Morgan fingerprint density at radius 2 is 1.61 bits per heavy atom. The van der Waals surface area contributed by atoms with Crippen LogP contribution in [0.2, 0.25) is 0 Å². The fraction of sp³-hybridized carbons (Fsp3) is 0.483. The minimum Gasteiger partial charge on any atom is -0.475 e. The number of hydrogen-bond donors (Lipinski definition) is 4. The standard InChI is InChI=1S/C27H35N3O4.C2HF3O2/c28-26(33)21-8-4-7-20(15-21)22-16-23-9-10-24(17-22)30(23)14-13-29(27(34)25(32)18-31)12-11-19-5-2-1-3-6-19;3-2(4,5)1(6)7/h1-8,15,22-25,31-32H,9-14,16-18H2,(H2,28,33);(H,6,7)/t22?,23?,24?,25-;/m0./s1. The summed E-state index contributed by atoms with van der Waals surface area (Å²) in [5.41, 5.74) is 8.35. The number of carboxylic acids is 1. The van der Waals surface area contributed by atoms with Crippen LogP contribution in [-0.2, 0) is 16.0 Å². The van der Waals surface area contributed by atoms with E-state index in [1.54, 1.807) is 11.0 Å². The number of primary amides is 1. The number of carbonyl (C=O) groups is 3. The third-order valence-corrected chi connectivity index (χ3v) is 7.68. The maximum absolute atomic E-state index is 12.7. The molecule has 2 amide bonds. The Morgan fingerprint density at radius 3 is 2.15 bits per heavy atom. The molecule has 2 aromatic carbocycles. The fourth-order valence-electron chi connectivity index (χ4n) is 5.62. The first kappa shape index (κ1) is 32.0. The largest absolute Gasteiger partial charge is 0.490 e. The van der Waals surface area contributed by atoms with Crippen molar-refractivity contribution in [1.82, 2.24) is 9.80 Å². The van der Waals surface area contributed by atoms with Crippen molar-refractivity contribution < 1.29 is 42.9 Å². The highest BCUT2D eigenvalue weighted by atomic mass is 19.4. The number of alkyl halides is 3. The van der Waals surface area contributed by atoms with Gasteiger partial charge in [-0.3, -0.25) is 14.5 Å². The molecule has 41 heavy (non-hydrogen) atoms. The molecule has 2 unspecified atom stereocenters. The van der Waals surface area contributed by atoms with Crippen molar-refractivity contribution in [2.75, 3.05) is 26.2 Å². The molecule has 2 aliphatic rings. The van der Waals surface area contributed by atoms with Gasteiger partial charge in [-0.05, 0) is 61.3 Å². The molecule has 0 aromatic heterocycles. The van der Waals surface area contributed by atoms with Crippen molar-refractivity contribution in [3.8, 4) is 0 Å². The zero-order chi connectivity index (χ0) is 30.2. The highest BCUT2D eigenvalue weighted by molar-refractivity contribution is 5.92. The molecule has 0 spiro atoms. The number of fused-ring (bicyclic) bond motifs is 2. The van der Waals surface area contributed by atoms with Crippen LogP contribution in [0.1, 0.15) is 53.1 Å². The second-order valence-electron chi connectivity index (χ2n) is 10.3. The first-order chi connectivity index (χ1) is 19.4. The fourth-order valence-corrected chi connectivity index (χ4v) is 5.62. The Bertz CT molecular complexity index is 1170. The van der Waals surface area contributed by atoms with E-state index in [-0.39, 0.29) is 0 Å². The minimum atomic E-state index is -5.08. The Morgan fingerprint density at radius 1 is 1.00 bits per heavy atom. The lowest BCUT2D eigenvalue weighted by Gasteiger charge is -2.40. The summed E-state index contributed by atoms with van der Waals surface area (Å²) in [6, 6.07) is 18.6. The molecule has 2 bridgehead atoms. The summed E-state index contributed by atoms with van der Waals surface area (Å²) in [5.74, 6) is -3.16. The molecule has 5 N–H and O–H groups in total. The van der Waals surface area contributed by atoms with Crippen molar-refractivity contribution in [2.45, 2.75) is 62.4 Å². The van der Waals surface area contributed by atoms with Crippen molar-refractivity contribution in [1.29, 1.82) is 0 Å². The number of carboxylic acid groups (broad SMARTS) is 1. The Hall–Kier alpha value is -3.48. The maximum atomic E-state index is 12.7. The highest BCUT2D eigenvalue weighted by Crippen LogP contribution is 2.43. The number of halogens is 3. The first-order valence-electron chi connectivity index (χ1n) is 13.5. The molecule has 2 fully saturated rings. The molecule has 0 aliphatic carbocycles. The third kappa shape index (κ3) is 9.00. The van der Waals surface area contributed by atoms with Crippen LogP contribution >= 0.6 is 0 Å². The van der Waals surface area contributed by atoms with Crippen LogP contribution in [0.3, 0.4) is 0 Å². The quantitative estimate of drug-likeness (QED) is 0.339. The van der Waals surface area contributed by atoms with Gasteiger partial charge in [0.2, 0.25) is 5.91 Å². The van der Waals surface area contributed by atoms with Crippen LogP contribution in [0.5, 0.6) is 0 Å². The van der Waals surface area contributed by atoms with Gasteiger partial charge in [0.15, 0.2) is 6.10 Å². The minimum absolute atomic E-state index is 0.396.